The Morgan fingerprint density at radius 2 is 0.961 bits per heavy atom. The summed E-state index contributed by atoms with van der Waals surface area (Å²) in [6.07, 6.45) is 16.7. The number of likely N-dealkylation sites (tertiary alicyclic amines) is 3. The van der Waals surface area contributed by atoms with Gasteiger partial charge in [-0.3, -0.25) is 4.79 Å². The molecule has 20 rings (SSSR count). The fourth-order valence-corrected chi connectivity index (χ4v) is 17.8. The van der Waals surface area contributed by atoms with Gasteiger partial charge in [0.05, 0.1) is 46.9 Å². The lowest BCUT2D eigenvalue weighted by Crippen LogP contribution is -2.73. The van der Waals surface area contributed by atoms with E-state index in [0.717, 1.165) is 177 Å². The van der Waals surface area contributed by atoms with Crippen LogP contribution in [0.15, 0.2) is 119 Å². The van der Waals surface area contributed by atoms with Crippen LogP contribution in [0.2, 0.25) is 5.35 Å². The van der Waals surface area contributed by atoms with E-state index in [1.54, 1.807) is 76.7 Å². The molecule has 10 fully saturated rings. The zero-order valence-electron chi connectivity index (χ0n) is 74.0. The number of benzene rings is 1. The topological polar surface area (TPSA) is 428 Å². The Hall–Kier alpha value is -12.9. The predicted octanol–water partition coefficient (Wildman–Crippen LogP) is 11.5. The van der Waals surface area contributed by atoms with Crippen molar-refractivity contribution in [3.05, 3.63) is 131 Å². The van der Waals surface area contributed by atoms with Crippen molar-refractivity contribution in [2.75, 3.05) is 172 Å². The molecule has 10 aliphatic heterocycles. The third-order valence-electron chi connectivity index (χ3n) is 22.6. The highest BCUT2D eigenvalue weighted by Crippen LogP contribution is 2.49. The van der Waals surface area contributed by atoms with Gasteiger partial charge in [0, 0.05) is 182 Å². The van der Waals surface area contributed by atoms with Crippen LogP contribution in [0.4, 0.5) is 65.4 Å². The molecule has 128 heavy (non-hydrogen) atoms. The Morgan fingerprint density at radius 1 is 0.555 bits per heavy atom. The number of hydrogen-bond donors (Lipinski definition) is 1. The van der Waals surface area contributed by atoms with Gasteiger partial charge in [-0.2, -0.15) is 39.5 Å². The average Bonchev–Trinajstić information content (AvgIpc) is 0.981. The minimum Gasteiger partial charge on any atom is -0.444 e. The summed E-state index contributed by atoms with van der Waals surface area (Å²) in [5, 5.41) is 19.0. The standard InChI is InChI=1S/C29H27FN8OS.C15H23N3O3.C14H19N3O5.C13H19N3O3.C8H11N3O.C5H6ClNO.2CO2/c1-4-22-26(35(3)28-33-25(24(13-31)40-28)19-5-7-20(30)8-6-19)23-12-21(11-18(2)38(23)34-22)36-14-29(15-36)16-37(17-29)27-32-9-10-39-27;1-5-11-6-20-12(16-11)17-7-15(8-17)9-18(10-15)13(19)21-14(2,3)4;1-13(2,3)22-12(19)17-7-14(8-17)5-16(6-14)11-15-10(4-20-11)21-9-18;1-12(2,3)19-11(17)16-8-13(9-16)6-15(7-13)10-14-4-5-18-10;1-2-12-7(10-1)11-5-8(6-11)3-9-4-8;1-2-4-3-8-5(6)7-4;2*2-1-3/h5-12H,4,14-17H2,1-3H3;6H,5,7-10H2,1-4H3;4,9H,5-8H2,1-3H3;4-5H,6-9H2,1-3H3;1-2,9H,3-6H2;3H,2H2,1H3;;. The number of aromatic nitrogens is 9. The molecule has 1 N–H and O–H groups in total. The van der Waals surface area contributed by atoms with Crippen molar-refractivity contribution in [1.82, 2.24) is 64.5 Å². The molecule has 0 bridgehead atoms. The lowest BCUT2D eigenvalue weighted by atomic mass is 9.73. The number of carbonyl (C=O) groups excluding carboxylic acids is 8. The van der Waals surface area contributed by atoms with E-state index >= 15 is 0 Å². The maximum atomic E-state index is 13.5. The van der Waals surface area contributed by atoms with Crippen LogP contribution in [-0.4, -0.2) is 251 Å². The third kappa shape index (κ3) is 21.5. The van der Waals surface area contributed by atoms with Gasteiger partial charge in [0.15, 0.2) is 11.4 Å². The minimum atomic E-state index is -0.474. The van der Waals surface area contributed by atoms with Crippen molar-refractivity contribution in [2.45, 2.75) is 126 Å². The molecule has 0 atom stereocenters. The molecule has 682 valence electrons. The number of oxazole rings is 6. The smallest absolute Gasteiger partial charge is 0.410 e. The summed E-state index contributed by atoms with van der Waals surface area (Å²) in [7, 11) is 1.97. The van der Waals surface area contributed by atoms with Crippen molar-refractivity contribution in [3.8, 4) is 23.2 Å². The first-order valence-electron chi connectivity index (χ1n) is 41.7. The van der Waals surface area contributed by atoms with E-state index in [4.69, 9.17) is 81.6 Å². The Kier molecular flexibility index (Phi) is 27.5. The molecule has 10 saturated heterocycles. The van der Waals surface area contributed by atoms with E-state index in [-0.39, 0.29) is 69.3 Å². The Bertz CT molecular complexity index is 5520. The lowest BCUT2D eigenvalue weighted by Gasteiger charge is -2.60. The van der Waals surface area contributed by atoms with Crippen LogP contribution in [-0.2, 0) is 57.4 Å². The number of thiazole rings is 1. The molecule has 0 saturated carbocycles. The molecule has 19 heterocycles. The zero-order valence-corrected chi connectivity index (χ0v) is 75.5. The SMILES string of the molecule is CC(C)(C)OC(=O)N1CC2(C1)CN(c1nc(OC=O)co1)C2.CC(C)(C)OC(=O)N1CC2(C1)CN(c1ncco1)C2.CCc1coc(Cl)n1.CCc1coc(N2CC3(CN(C(=O)OC(C)(C)C)C3)C2)n1.CCc1nn2c(C)cc(N3CC4(C3)CN(c3ncco3)C4)cc2c1N(C)c1nc(-c2ccc(F)cc2)c(C#N)s1.O=C=O.O=C=O.c1coc(N2CC3(CNC3)C2)n1. The molecule has 42 heteroatoms. The van der Waals surface area contributed by atoms with Gasteiger partial charge in [-0.15, -0.1) is 0 Å². The van der Waals surface area contributed by atoms with Crippen LogP contribution in [0, 0.1) is 51.1 Å². The van der Waals surface area contributed by atoms with Crippen molar-refractivity contribution in [3.63, 3.8) is 0 Å². The highest BCUT2D eigenvalue weighted by Gasteiger charge is 2.59. The average molecular weight is 1810 g/mol. The fourth-order valence-electron chi connectivity index (χ4n) is 16.8. The molecule has 39 nitrogen and oxygen atoms in total. The van der Waals surface area contributed by atoms with Crippen molar-refractivity contribution in [1.29, 1.82) is 5.26 Å². The Morgan fingerprint density at radius 3 is 1.33 bits per heavy atom. The monoisotopic (exact) mass is 1810 g/mol. The quantitative estimate of drug-likeness (QED) is 0.0780. The molecule has 0 unspecified atom stereocenters. The van der Waals surface area contributed by atoms with E-state index in [1.165, 1.54) is 35.4 Å². The number of halogens is 2. The summed E-state index contributed by atoms with van der Waals surface area (Å²) in [6, 6.07) is 16.0. The van der Waals surface area contributed by atoms with Crippen LogP contribution >= 0.6 is 22.9 Å². The minimum absolute atomic E-state index is 0.0943. The van der Waals surface area contributed by atoms with Gasteiger partial charge in [-0.25, -0.2) is 48.2 Å². The van der Waals surface area contributed by atoms with Crippen LogP contribution < -0.4 is 44.4 Å². The molecule has 9 aromatic heterocycles. The highest BCUT2D eigenvalue weighted by molar-refractivity contribution is 7.16. The second-order valence-corrected chi connectivity index (χ2v) is 37.9. The van der Waals surface area contributed by atoms with Crippen LogP contribution in [0.5, 0.6) is 5.88 Å². The molecule has 10 aromatic rings. The van der Waals surface area contributed by atoms with Gasteiger partial charge in [0.25, 0.3) is 41.8 Å². The Balaban J connectivity index is 0.000000138. The molecular weight excluding hydrogens is 1700 g/mol. The Labute approximate surface area is 746 Å². The van der Waals surface area contributed by atoms with E-state index in [9.17, 15) is 28.8 Å². The van der Waals surface area contributed by atoms with E-state index in [1.807, 2.05) is 90.6 Å². The summed E-state index contributed by atoms with van der Waals surface area (Å²) >= 11 is 6.69. The highest BCUT2D eigenvalue weighted by atomic mass is 35.5. The van der Waals surface area contributed by atoms with E-state index in [2.05, 4.69) is 103 Å². The second kappa shape index (κ2) is 38.0. The molecule has 3 amide bonds. The van der Waals surface area contributed by atoms with Gasteiger partial charge >= 0.3 is 36.6 Å². The molecule has 5 spiro atoms. The normalized spacial score (nSPS) is 17.8. The molecular formula is C86H105ClFN21O18S. The number of nitrogens with zero attached hydrogens (tertiary/aromatic N) is 20. The largest absolute Gasteiger partial charge is 0.444 e. The van der Waals surface area contributed by atoms with E-state index in [0.29, 0.717) is 70.3 Å². The number of pyridine rings is 1. The maximum absolute atomic E-state index is 13.5. The van der Waals surface area contributed by atoms with Gasteiger partial charge < -0.3 is 99.8 Å². The number of carbonyl (C=O) groups is 4. The van der Waals surface area contributed by atoms with Gasteiger partial charge in [0.1, 0.15) is 70.6 Å². The number of aryl methyl sites for hydroxylation is 4. The van der Waals surface area contributed by atoms with Crippen molar-refractivity contribution < 1.29 is 88.2 Å². The maximum Gasteiger partial charge on any atom is 0.410 e. The van der Waals surface area contributed by atoms with Crippen molar-refractivity contribution in [2.24, 2.45) is 27.1 Å². The molecule has 0 aliphatic carbocycles. The van der Waals surface area contributed by atoms with Gasteiger partial charge in [-0.05, 0) is 136 Å². The summed E-state index contributed by atoms with van der Waals surface area (Å²) < 4.78 is 67.5. The predicted molar refractivity (Wildman–Crippen MR) is 461 cm³/mol. The third-order valence-corrected chi connectivity index (χ3v) is 23.8. The number of anilines is 8. The van der Waals surface area contributed by atoms with Crippen molar-refractivity contribution >= 4 is 112 Å². The van der Waals surface area contributed by atoms with Crippen LogP contribution in [0.3, 0.4) is 0 Å². The van der Waals surface area contributed by atoms with Crippen LogP contribution in [0.25, 0.3) is 16.8 Å². The molecule has 1 aromatic carbocycles. The first kappa shape index (κ1) is 92.8. The summed E-state index contributed by atoms with van der Waals surface area (Å²) in [6.45, 7) is 43.3. The first-order chi connectivity index (χ1) is 60.9. The number of rotatable bonds is 14. The number of hydrogen-bond acceptors (Lipinski definition) is 36. The number of ether oxygens (including phenoxy) is 4. The zero-order chi connectivity index (χ0) is 91.9. The summed E-state index contributed by atoms with van der Waals surface area (Å²) in [4.78, 5) is 129. The number of nitriles is 1. The summed E-state index contributed by atoms with van der Waals surface area (Å²) in [5.41, 5.74) is 8.33. The van der Waals surface area contributed by atoms with Crippen LogP contribution in [0.1, 0.15) is 111 Å². The molecule has 0 radical (unpaired) electrons. The number of nitrogens with one attached hydrogen (secondary N) is 1. The number of fused-ring (bicyclic) bond motifs is 1. The lowest BCUT2D eigenvalue weighted by molar-refractivity contribution is -0.193. The van der Waals surface area contributed by atoms with E-state index < -0.39 is 16.8 Å². The summed E-state index contributed by atoms with van der Waals surface area (Å²) in [5.74, 6) is -0.174. The van der Waals surface area contributed by atoms with Gasteiger partial charge in [-0.1, -0.05) is 32.1 Å². The number of amides is 3. The van der Waals surface area contributed by atoms with Gasteiger partial charge in [0.2, 0.25) is 0 Å². The first-order valence-corrected chi connectivity index (χ1v) is 42.9. The second-order valence-electron chi connectivity index (χ2n) is 36.6. The molecule has 10 aliphatic rings. The fraction of sp³-hybridized carbons (Fsp3) is 0.523.